The SMILES string of the molecule is C[C@@](O)(c1ccc(Cl)cc1)c1cccc(C(F)(F)F)c1. The van der Waals surface area contributed by atoms with E-state index < -0.39 is 17.3 Å². The molecule has 0 saturated carbocycles. The third-order valence-electron chi connectivity index (χ3n) is 3.16. The highest BCUT2D eigenvalue weighted by atomic mass is 35.5. The average molecular weight is 301 g/mol. The first-order valence-corrected chi connectivity index (χ1v) is 6.25. The van der Waals surface area contributed by atoms with Crippen LogP contribution >= 0.6 is 11.6 Å². The molecule has 1 nitrogen and oxygen atoms in total. The maximum Gasteiger partial charge on any atom is 0.416 e. The molecule has 2 aromatic carbocycles. The monoisotopic (exact) mass is 300 g/mol. The summed E-state index contributed by atoms with van der Waals surface area (Å²) in [6.45, 7) is 1.45. The molecule has 1 atom stereocenters. The molecule has 0 radical (unpaired) electrons. The summed E-state index contributed by atoms with van der Waals surface area (Å²) in [7, 11) is 0. The number of halogens is 4. The van der Waals surface area contributed by atoms with Crippen LogP contribution in [-0.4, -0.2) is 5.11 Å². The zero-order valence-electron chi connectivity index (χ0n) is 10.6. The molecule has 0 aromatic heterocycles. The number of hydrogen-bond acceptors (Lipinski definition) is 1. The smallest absolute Gasteiger partial charge is 0.381 e. The van der Waals surface area contributed by atoms with Gasteiger partial charge in [0.2, 0.25) is 0 Å². The molecule has 0 unspecified atom stereocenters. The second kappa shape index (κ2) is 5.11. The van der Waals surface area contributed by atoms with Crippen molar-refractivity contribution in [2.24, 2.45) is 0 Å². The first-order chi connectivity index (χ1) is 9.21. The van der Waals surface area contributed by atoms with Crippen LogP contribution in [0.5, 0.6) is 0 Å². The number of hydrogen-bond donors (Lipinski definition) is 1. The Hall–Kier alpha value is -1.52. The number of benzene rings is 2. The van der Waals surface area contributed by atoms with Gasteiger partial charge in [-0.05, 0) is 42.3 Å². The lowest BCUT2D eigenvalue weighted by Gasteiger charge is -2.25. The Kier molecular flexibility index (Phi) is 3.80. The van der Waals surface area contributed by atoms with Crippen LogP contribution in [0.4, 0.5) is 13.2 Å². The van der Waals surface area contributed by atoms with Crippen molar-refractivity contribution in [2.45, 2.75) is 18.7 Å². The fourth-order valence-electron chi connectivity index (χ4n) is 1.94. The van der Waals surface area contributed by atoms with Gasteiger partial charge in [0.1, 0.15) is 5.60 Å². The van der Waals surface area contributed by atoms with Crippen LogP contribution in [0, 0.1) is 0 Å². The Labute approximate surface area is 119 Å². The molecule has 0 saturated heterocycles. The van der Waals surface area contributed by atoms with E-state index in [0.29, 0.717) is 10.6 Å². The number of alkyl halides is 3. The van der Waals surface area contributed by atoms with E-state index in [1.807, 2.05) is 0 Å². The van der Waals surface area contributed by atoms with Gasteiger partial charge in [-0.15, -0.1) is 0 Å². The van der Waals surface area contributed by atoms with E-state index in [-0.39, 0.29) is 5.56 Å². The van der Waals surface area contributed by atoms with E-state index in [1.54, 1.807) is 24.3 Å². The fourth-order valence-corrected chi connectivity index (χ4v) is 2.07. The molecule has 0 aliphatic carbocycles. The zero-order chi connectivity index (χ0) is 15.0. The summed E-state index contributed by atoms with van der Waals surface area (Å²) < 4.78 is 38.1. The van der Waals surface area contributed by atoms with Gasteiger partial charge in [-0.1, -0.05) is 35.9 Å². The summed E-state index contributed by atoms with van der Waals surface area (Å²) >= 11 is 5.76. The molecule has 0 heterocycles. The molecular formula is C15H12ClF3O. The van der Waals surface area contributed by atoms with Gasteiger partial charge in [-0.25, -0.2) is 0 Å². The van der Waals surface area contributed by atoms with Crippen molar-refractivity contribution in [3.05, 3.63) is 70.2 Å². The molecule has 20 heavy (non-hydrogen) atoms. The standard InChI is InChI=1S/C15H12ClF3O/c1-14(20,10-5-7-13(16)8-6-10)11-3-2-4-12(9-11)15(17,18)19/h2-9,20H,1H3/t14-/m1/s1. The summed E-state index contributed by atoms with van der Waals surface area (Å²) in [6.07, 6.45) is -4.44. The van der Waals surface area contributed by atoms with Crippen LogP contribution in [0.15, 0.2) is 48.5 Å². The maximum absolute atomic E-state index is 12.7. The highest BCUT2D eigenvalue weighted by Gasteiger charge is 2.33. The first-order valence-electron chi connectivity index (χ1n) is 5.87. The lowest BCUT2D eigenvalue weighted by Crippen LogP contribution is -2.23. The highest BCUT2D eigenvalue weighted by molar-refractivity contribution is 6.30. The van der Waals surface area contributed by atoms with Gasteiger partial charge in [0.05, 0.1) is 5.56 Å². The third kappa shape index (κ3) is 2.97. The Balaban J connectivity index is 2.46. The Morgan fingerprint density at radius 1 is 0.900 bits per heavy atom. The number of rotatable bonds is 2. The van der Waals surface area contributed by atoms with Gasteiger partial charge in [-0.3, -0.25) is 0 Å². The van der Waals surface area contributed by atoms with E-state index in [2.05, 4.69) is 0 Å². The zero-order valence-corrected chi connectivity index (χ0v) is 11.3. The highest BCUT2D eigenvalue weighted by Crippen LogP contribution is 2.35. The lowest BCUT2D eigenvalue weighted by molar-refractivity contribution is -0.137. The summed E-state index contributed by atoms with van der Waals surface area (Å²) in [4.78, 5) is 0. The van der Waals surface area contributed by atoms with Gasteiger partial charge < -0.3 is 5.11 Å². The fraction of sp³-hybridized carbons (Fsp3) is 0.200. The third-order valence-corrected chi connectivity index (χ3v) is 3.41. The normalized spacial score (nSPS) is 14.9. The second-order valence-corrected chi connectivity index (χ2v) is 5.09. The van der Waals surface area contributed by atoms with Gasteiger partial charge in [0.25, 0.3) is 0 Å². The van der Waals surface area contributed by atoms with Gasteiger partial charge in [-0.2, -0.15) is 13.2 Å². The topological polar surface area (TPSA) is 20.2 Å². The minimum atomic E-state index is -4.44. The van der Waals surface area contributed by atoms with Crippen LogP contribution in [0.3, 0.4) is 0 Å². The van der Waals surface area contributed by atoms with E-state index in [4.69, 9.17) is 11.6 Å². The summed E-state index contributed by atoms with van der Waals surface area (Å²) in [5.74, 6) is 0. The molecule has 0 bridgehead atoms. The van der Waals surface area contributed by atoms with E-state index in [0.717, 1.165) is 12.1 Å². The molecule has 2 rings (SSSR count). The molecule has 0 aliphatic rings. The molecule has 0 fully saturated rings. The molecule has 0 amide bonds. The molecule has 0 spiro atoms. The Morgan fingerprint density at radius 2 is 1.45 bits per heavy atom. The van der Waals surface area contributed by atoms with Crippen molar-refractivity contribution in [1.29, 1.82) is 0 Å². The molecule has 0 aliphatic heterocycles. The second-order valence-electron chi connectivity index (χ2n) is 4.66. The van der Waals surface area contributed by atoms with E-state index in [9.17, 15) is 18.3 Å². The largest absolute Gasteiger partial charge is 0.416 e. The van der Waals surface area contributed by atoms with Crippen molar-refractivity contribution >= 4 is 11.6 Å². The lowest BCUT2D eigenvalue weighted by atomic mass is 9.87. The van der Waals surface area contributed by atoms with E-state index >= 15 is 0 Å². The summed E-state index contributed by atoms with van der Waals surface area (Å²) in [5.41, 5.74) is -1.66. The van der Waals surface area contributed by atoms with Crippen molar-refractivity contribution in [1.82, 2.24) is 0 Å². The molecule has 2 aromatic rings. The molecule has 106 valence electrons. The van der Waals surface area contributed by atoms with Crippen molar-refractivity contribution in [3.63, 3.8) is 0 Å². The van der Waals surface area contributed by atoms with Gasteiger partial charge in [0.15, 0.2) is 0 Å². The minimum absolute atomic E-state index is 0.176. The van der Waals surface area contributed by atoms with Gasteiger partial charge >= 0.3 is 6.18 Å². The Morgan fingerprint density at radius 3 is 2.00 bits per heavy atom. The van der Waals surface area contributed by atoms with Crippen LogP contribution in [0.2, 0.25) is 5.02 Å². The quantitative estimate of drug-likeness (QED) is 0.858. The summed E-state index contributed by atoms with van der Waals surface area (Å²) in [6, 6.07) is 11.0. The van der Waals surface area contributed by atoms with Gasteiger partial charge in [0, 0.05) is 5.02 Å². The van der Waals surface area contributed by atoms with Crippen LogP contribution in [-0.2, 0) is 11.8 Å². The van der Waals surface area contributed by atoms with Crippen LogP contribution in [0.1, 0.15) is 23.6 Å². The van der Waals surface area contributed by atoms with Crippen molar-refractivity contribution in [2.75, 3.05) is 0 Å². The van der Waals surface area contributed by atoms with Crippen molar-refractivity contribution in [3.8, 4) is 0 Å². The van der Waals surface area contributed by atoms with Crippen molar-refractivity contribution < 1.29 is 18.3 Å². The predicted molar refractivity (Wildman–Crippen MR) is 71.6 cm³/mol. The van der Waals surface area contributed by atoms with Crippen LogP contribution in [0.25, 0.3) is 0 Å². The predicted octanol–water partition coefficient (Wildman–Crippen LogP) is 4.61. The summed E-state index contributed by atoms with van der Waals surface area (Å²) in [5, 5.41) is 11.0. The van der Waals surface area contributed by atoms with Crippen LogP contribution < -0.4 is 0 Å². The Bertz CT molecular complexity index is 603. The van der Waals surface area contributed by atoms with E-state index in [1.165, 1.54) is 19.1 Å². The maximum atomic E-state index is 12.7. The number of aliphatic hydroxyl groups is 1. The molecular weight excluding hydrogens is 289 g/mol. The molecule has 5 heteroatoms. The molecule has 1 N–H and O–H groups in total. The minimum Gasteiger partial charge on any atom is -0.381 e. The first kappa shape index (κ1) is 14.9. The average Bonchev–Trinajstić information content (AvgIpc) is 2.38.